The molecule has 0 aromatic carbocycles. The molecule has 0 aliphatic heterocycles. The van der Waals surface area contributed by atoms with Crippen molar-refractivity contribution in [3.8, 4) is 5.75 Å². The highest BCUT2D eigenvalue weighted by molar-refractivity contribution is 5.70. The lowest BCUT2D eigenvalue weighted by atomic mass is 10.6. The van der Waals surface area contributed by atoms with E-state index in [-0.39, 0.29) is 19.0 Å². The molecule has 0 radical (unpaired) electrons. The second-order valence-corrected chi connectivity index (χ2v) is 2.53. The zero-order valence-electron chi connectivity index (χ0n) is 8.03. The van der Waals surface area contributed by atoms with E-state index in [1.807, 2.05) is 4.98 Å². The number of aromatic nitrogens is 2. The predicted molar refractivity (Wildman–Crippen MR) is 49.8 cm³/mol. The SMILES string of the molecule is CCOC(=O)COc1c[nH]c(=O)[nH]c1=O. The van der Waals surface area contributed by atoms with Gasteiger partial charge in [0.2, 0.25) is 5.75 Å². The molecule has 0 aliphatic rings. The van der Waals surface area contributed by atoms with Gasteiger partial charge in [-0.1, -0.05) is 0 Å². The highest BCUT2D eigenvalue weighted by Crippen LogP contribution is 1.95. The third kappa shape index (κ3) is 3.29. The molecule has 0 atom stereocenters. The number of rotatable bonds is 4. The Balaban J connectivity index is 2.62. The number of hydrogen-bond acceptors (Lipinski definition) is 5. The van der Waals surface area contributed by atoms with Crippen molar-refractivity contribution in [3.63, 3.8) is 0 Å². The highest BCUT2D eigenvalue weighted by Gasteiger charge is 2.05. The Morgan fingerprint density at radius 1 is 1.47 bits per heavy atom. The molecule has 7 nitrogen and oxygen atoms in total. The average molecular weight is 214 g/mol. The fourth-order valence-electron chi connectivity index (χ4n) is 0.844. The molecule has 7 heteroatoms. The van der Waals surface area contributed by atoms with E-state index < -0.39 is 17.2 Å². The first-order valence-electron chi connectivity index (χ1n) is 4.24. The zero-order valence-corrected chi connectivity index (χ0v) is 8.03. The van der Waals surface area contributed by atoms with Crippen molar-refractivity contribution in [2.24, 2.45) is 0 Å². The van der Waals surface area contributed by atoms with Crippen LogP contribution in [0.15, 0.2) is 15.8 Å². The summed E-state index contributed by atoms with van der Waals surface area (Å²) in [4.78, 5) is 36.7. The molecule has 82 valence electrons. The number of aromatic amines is 2. The van der Waals surface area contributed by atoms with E-state index in [1.54, 1.807) is 6.92 Å². The van der Waals surface area contributed by atoms with Gasteiger partial charge in [-0.3, -0.25) is 9.78 Å². The lowest BCUT2D eigenvalue weighted by molar-refractivity contribution is -0.145. The van der Waals surface area contributed by atoms with Crippen molar-refractivity contribution in [1.29, 1.82) is 0 Å². The third-order valence-corrected chi connectivity index (χ3v) is 1.44. The van der Waals surface area contributed by atoms with Gasteiger partial charge in [-0.15, -0.1) is 0 Å². The molecule has 15 heavy (non-hydrogen) atoms. The van der Waals surface area contributed by atoms with Crippen LogP contribution in [0, 0.1) is 0 Å². The van der Waals surface area contributed by atoms with Crippen LogP contribution in [0.5, 0.6) is 5.75 Å². The standard InChI is InChI=1S/C8H10N2O5/c1-2-14-6(11)4-15-5-3-9-8(13)10-7(5)12/h3H,2,4H2,1H3,(H2,9,10,12,13). The van der Waals surface area contributed by atoms with Gasteiger partial charge in [0.05, 0.1) is 12.8 Å². The van der Waals surface area contributed by atoms with Gasteiger partial charge in [-0.2, -0.15) is 0 Å². The fourth-order valence-corrected chi connectivity index (χ4v) is 0.844. The smallest absolute Gasteiger partial charge is 0.344 e. The summed E-state index contributed by atoms with van der Waals surface area (Å²) >= 11 is 0. The molecule has 0 unspecified atom stereocenters. The van der Waals surface area contributed by atoms with E-state index in [4.69, 9.17) is 4.74 Å². The molecule has 0 bridgehead atoms. The van der Waals surface area contributed by atoms with Crippen molar-refractivity contribution in [2.75, 3.05) is 13.2 Å². The molecule has 0 aliphatic carbocycles. The molecule has 0 saturated carbocycles. The summed E-state index contributed by atoms with van der Waals surface area (Å²) in [6.07, 6.45) is 1.08. The maximum Gasteiger partial charge on any atom is 0.344 e. The molecule has 1 heterocycles. The van der Waals surface area contributed by atoms with Crippen LogP contribution in [0.25, 0.3) is 0 Å². The van der Waals surface area contributed by atoms with Crippen LogP contribution in [-0.4, -0.2) is 29.2 Å². The molecule has 0 fully saturated rings. The highest BCUT2D eigenvalue weighted by atomic mass is 16.6. The molecular formula is C8H10N2O5. The van der Waals surface area contributed by atoms with Crippen molar-refractivity contribution in [2.45, 2.75) is 6.92 Å². The van der Waals surface area contributed by atoms with Gasteiger partial charge in [0.15, 0.2) is 6.61 Å². The molecule has 0 spiro atoms. The summed E-state index contributed by atoms with van der Waals surface area (Å²) in [5.41, 5.74) is -1.33. The van der Waals surface area contributed by atoms with Gasteiger partial charge in [0, 0.05) is 0 Å². The lowest BCUT2D eigenvalue weighted by Gasteiger charge is -2.03. The molecule has 1 aromatic heterocycles. The Hall–Kier alpha value is -2.05. The number of esters is 1. The summed E-state index contributed by atoms with van der Waals surface area (Å²) in [6.45, 7) is 1.53. The summed E-state index contributed by atoms with van der Waals surface area (Å²) in [5, 5.41) is 0. The van der Waals surface area contributed by atoms with E-state index in [0.29, 0.717) is 0 Å². The Morgan fingerprint density at radius 3 is 2.80 bits per heavy atom. The zero-order chi connectivity index (χ0) is 11.3. The Labute approximate surface area is 84.0 Å². The minimum absolute atomic E-state index is 0.136. The molecule has 2 N–H and O–H groups in total. The van der Waals surface area contributed by atoms with Crippen LogP contribution in [0.4, 0.5) is 0 Å². The topological polar surface area (TPSA) is 101 Å². The van der Waals surface area contributed by atoms with Crippen molar-refractivity contribution in [3.05, 3.63) is 27.0 Å². The van der Waals surface area contributed by atoms with E-state index in [0.717, 1.165) is 6.20 Å². The lowest BCUT2D eigenvalue weighted by Crippen LogP contribution is -2.25. The summed E-state index contributed by atoms with van der Waals surface area (Å²) in [5.74, 6) is -0.717. The summed E-state index contributed by atoms with van der Waals surface area (Å²) in [7, 11) is 0. The second kappa shape index (κ2) is 4.99. The molecule has 1 aromatic rings. The van der Waals surface area contributed by atoms with Crippen LogP contribution >= 0.6 is 0 Å². The first kappa shape index (κ1) is 11.0. The molecule has 0 amide bonds. The van der Waals surface area contributed by atoms with Gasteiger partial charge in [-0.05, 0) is 6.92 Å². The van der Waals surface area contributed by atoms with Gasteiger partial charge >= 0.3 is 11.7 Å². The molecule has 1 rings (SSSR count). The van der Waals surface area contributed by atoms with E-state index >= 15 is 0 Å². The van der Waals surface area contributed by atoms with Gasteiger partial charge in [-0.25, -0.2) is 9.59 Å². The third-order valence-electron chi connectivity index (χ3n) is 1.44. The summed E-state index contributed by atoms with van der Waals surface area (Å²) in [6, 6.07) is 0. The average Bonchev–Trinajstić information content (AvgIpc) is 2.17. The first-order chi connectivity index (χ1) is 7.13. The largest absolute Gasteiger partial charge is 0.475 e. The van der Waals surface area contributed by atoms with Crippen LogP contribution in [0.1, 0.15) is 6.92 Å². The first-order valence-corrected chi connectivity index (χ1v) is 4.24. The number of H-pyrrole nitrogens is 2. The van der Waals surface area contributed by atoms with Crippen molar-refractivity contribution in [1.82, 2.24) is 9.97 Å². The molecule has 0 saturated heterocycles. The van der Waals surface area contributed by atoms with E-state index in [9.17, 15) is 14.4 Å². The second-order valence-electron chi connectivity index (χ2n) is 2.53. The van der Waals surface area contributed by atoms with Crippen LogP contribution in [-0.2, 0) is 9.53 Å². The van der Waals surface area contributed by atoms with Gasteiger partial charge in [0.25, 0.3) is 5.56 Å². The Bertz CT molecular complexity index is 447. The minimum Gasteiger partial charge on any atom is -0.475 e. The normalized spacial score (nSPS) is 9.67. The number of hydrogen-bond donors (Lipinski definition) is 2. The van der Waals surface area contributed by atoms with E-state index in [2.05, 4.69) is 9.72 Å². The number of carbonyl (C=O) groups is 1. The maximum absolute atomic E-state index is 11.1. The van der Waals surface area contributed by atoms with E-state index in [1.165, 1.54) is 0 Å². The number of nitrogens with one attached hydrogen (secondary N) is 2. The Kier molecular flexibility index (Phi) is 3.67. The van der Waals surface area contributed by atoms with Gasteiger partial charge in [0.1, 0.15) is 0 Å². The van der Waals surface area contributed by atoms with Crippen molar-refractivity contribution < 1.29 is 14.3 Å². The fraction of sp³-hybridized carbons (Fsp3) is 0.375. The van der Waals surface area contributed by atoms with Crippen LogP contribution in [0.3, 0.4) is 0 Å². The Morgan fingerprint density at radius 2 is 2.20 bits per heavy atom. The predicted octanol–water partition coefficient (Wildman–Crippen LogP) is -0.995. The number of carbonyl (C=O) groups excluding carboxylic acids is 1. The van der Waals surface area contributed by atoms with Crippen molar-refractivity contribution >= 4 is 5.97 Å². The van der Waals surface area contributed by atoms with Crippen LogP contribution < -0.4 is 16.0 Å². The number of ether oxygens (including phenoxy) is 2. The quantitative estimate of drug-likeness (QED) is 0.626. The minimum atomic E-state index is -0.692. The molecular weight excluding hydrogens is 204 g/mol. The maximum atomic E-state index is 11.1. The van der Waals surface area contributed by atoms with Gasteiger partial charge < -0.3 is 14.5 Å². The van der Waals surface area contributed by atoms with Crippen LogP contribution in [0.2, 0.25) is 0 Å². The monoisotopic (exact) mass is 214 g/mol. The summed E-state index contributed by atoms with van der Waals surface area (Å²) < 4.78 is 9.40.